The summed E-state index contributed by atoms with van der Waals surface area (Å²) in [4.78, 5) is 17.0. The molecule has 0 unspecified atom stereocenters. The molecule has 0 saturated heterocycles. The Morgan fingerprint density at radius 3 is 2.43 bits per heavy atom. The zero-order chi connectivity index (χ0) is 19.3. The molecule has 5 heteroatoms. The molecule has 1 amide bonds. The standard InChI is InChI=1S/C23H20N4O/c1-17-7-5-6-10-20(17)22-21(16-27(26-22)19-8-3-2-4-9-19)23(28)25-15-18-11-13-24-14-12-18/h2-14,16H,15H2,1H3,(H,25,28). The molecule has 0 aliphatic rings. The normalized spacial score (nSPS) is 10.6. The van der Waals surface area contributed by atoms with Gasteiger partial charge in [0.15, 0.2) is 0 Å². The van der Waals surface area contributed by atoms with Gasteiger partial charge < -0.3 is 5.32 Å². The van der Waals surface area contributed by atoms with Crippen molar-refractivity contribution < 1.29 is 4.79 Å². The van der Waals surface area contributed by atoms with Crippen LogP contribution >= 0.6 is 0 Å². The van der Waals surface area contributed by atoms with Crippen molar-refractivity contribution in [2.45, 2.75) is 13.5 Å². The van der Waals surface area contributed by atoms with Gasteiger partial charge in [0.2, 0.25) is 0 Å². The molecule has 28 heavy (non-hydrogen) atoms. The lowest BCUT2D eigenvalue weighted by atomic mass is 10.0. The maximum atomic E-state index is 13.0. The monoisotopic (exact) mass is 368 g/mol. The van der Waals surface area contributed by atoms with E-state index in [1.54, 1.807) is 23.3 Å². The first-order valence-electron chi connectivity index (χ1n) is 9.10. The number of pyridine rings is 1. The average molecular weight is 368 g/mol. The van der Waals surface area contributed by atoms with E-state index in [9.17, 15) is 4.79 Å². The quantitative estimate of drug-likeness (QED) is 0.575. The van der Waals surface area contributed by atoms with Gasteiger partial charge in [-0.3, -0.25) is 9.78 Å². The number of hydrogen-bond acceptors (Lipinski definition) is 3. The molecule has 0 spiro atoms. The van der Waals surface area contributed by atoms with E-state index in [0.29, 0.717) is 17.8 Å². The van der Waals surface area contributed by atoms with Crippen molar-refractivity contribution in [3.05, 3.63) is 102 Å². The van der Waals surface area contributed by atoms with Crippen LogP contribution in [-0.2, 0) is 6.54 Å². The van der Waals surface area contributed by atoms with Gasteiger partial charge in [-0.05, 0) is 42.3 Å². The summed E-state index contributed by atoms with van der Waals surface area (Å²) in [6.07, 6.45) is 5.22. The minimum absolute atomic E-state index is 0.155. The molecule has 0 aliphatic heterocycles. The molecule has 0 atom stereocenters. The molecule has 4 rings (SSSR count). The van der Waals surface area contributed by atoms with E-state index in [1.165, 1.54) is 0 Å². The first-order valence-corrected chi connectivity index (χ1v) is 9.10. The van der Waals surface area contributed by atoms with Gasteiger partial charge in [-0.15, -0.1) is 0 Å². The molecule has 2 heterocycles. The van der Waals surface area contributed by atoms with Crippen molar-refractivity contribution in [2.75, 3.05) is 0 Å². The number of nitrogens with zero attached hydrogens (tertiary/aromatic N) is 3. The molecule has 0 aliphatic carbocycles. The van der Waals surface area contributed by atoms with Gasteiger partial charge >= 0.3 is 0 Å². The lowest BCUT2D eigenvalue weighted by Crippen LogP contribution is -2.23. The van der Waals surface area contributed by atoms with E-state index >= 15 is 0 Å². The molecule has 138 valence electrons. The average Bonchev–Trinajstić information content (AvgIpc) is 3.19. The summed E-state index contributed by atoms with van der Waals surface area (Å²) in [6, 6.07) is 21.5. The molecule has 5 nitrogen and oxygen atoms in total. The van der Waals surface area contributed by atoms with Crippen molar-refractivity contribution in [3.63, 3.8) is 0 Å². The van der Waals surface area contributed by atoms with E-state index in [1.807, 2.05) is 73.7 Å². The number of carbonyl (C=O) groups is 1. The summed E-state index contributed by atoms with van der Waals surface area (Å²) >= 11 is 0. The largest absolute Gasteiger partial charge is 0.348 e. The maximum absolute atomic E-state index is 13.0. The molecule has 2 aromatic heterocycles. The Morgan fingerprint density at radius 2 is 1.68 bits per heavy atom. The van der Waals surface area contributed by atoms with Crippen molar-refractivity contribution >= 4 is 5.91 Å². The molecular formula is C23H20N4O. The number of hydrogen-bond donors (Lipinski definition) is 1. The van der Waals surface area contributed by atoms with Crippen LogP contribution in [0.25, 0.3) is 16.9 Å². The molecule has 0 saturated carbocycles. The SMILES string of the molecule is Cc1ccccc1-c1nn(-c2ccccc2)cc1C(=O)NCc1ccncc1. The zero-order valence-electron chi connectivity index (χ0n) is 15.5. The summed E-state index contributed by atoms with van der Waals surface area (Å²) in [7, 11) is 0. The van der Waals surface area contributed by atoms with Crippen molar-refractivity contribution in [1.82, 2.24) is 20.1 Å². The summed E-state index contributed by atoms with van der Waals surface area (Å²) in [6.45, 7) is 2.46. The van der Waals surface area contributed by atoms with Crippen molar-refractivity contribution in [1.29, 1.82) is 0 Å². The lowest BCUT2D eigenvalue weighted by Gasteiger charge is -2.07. The Morgan fingerprint density at radius 1 is 0.964 bits per heavy atom. The first kappa shape index (κ1) is 17.7. The van der Waals surface area contributed by atoms with Crippen LogP contribution in [0.1, 0.15) is 21.5 Å². The molecule has 2 aromatic carbocycles. The Kier molecular flexibility index (Phi) is 4.97. The fourth-order valence-corrected chi connectivity index (χ4v) is 3.07. The minimum Gasteiger partial charge on any atom is -0.348 e. The smallest absolute Gasteiger partial charge is 0.255 e. The second kappa shape index (κ2) is 7.88. The minimum atomic E-state index is -0.155. The number of nitrogens with one attached hydrogen (secondary N) is 1. The Balaban J connectivity index is 1.71. The van der Waals surface area contributed by atoms with E-state index in [0.717, 1.165) is 22.4 Å². The molecule has 1 N–H and O–H groups in total. The van der Waals surface area contributed by atoms with E-state index in [2.05, 4.69) is 10.3 Å². The highest BCUT2D eigenvalue weighted by atomic mass is 16.1. The van der Waals surface area contributed by atoms with Crippen LogP contribution in [-0.4, -0.2) is 20.7 Å². The van der Waals surface area contributed by atoms with E-state index in [-0.39, 0.29) is 5.91 Å². The fraction of sp³-hybridized carbons (Fsp3) is 0.0870. The second-order valence-electron chi connectivity index (χ2n) is 6.52. The highest BCUT2D eigenvalue weighted by molar-refractivity contribution is 6.00. The Hall–Kier alpha value is -3.73. The van der Waals surface area contributed by atoms with Gasteiger partial charge in [-0.2, -0.15) is 5.10 Å². The second-order valence-corrected chi connectivity index (χ2v) is 6.52. The number of benzene rings is 2. The molecule has 0 radical (unpaired) electrons. The summed E-state index contributed by atoms with van der Waals surface area (Å²) in [5.74, 6) is -0.155. The van der Waals surface area contributed by atoms with Crippen LogP contribution in [0, 0.1) is 6.92 Å². The molecular weight excluding hydrogens is 348 g/mol. The van der Waals surface area contributed by atoms with Crippen molar-refractivity contribution in [3.8, 4) is 16.9 Å². The highest BCUT2D eigenvalue weighted by Gasteiger charge is 2.19. The third kappa shape index (κ3) is 3.69. The van der Waals surface area contributed by atoms with Crippen LogP contribution in [0.4, 0.5) is 0 Å². The van der Waals surface area contributed by atoms with Crippen LogP contribution in [0.5, 0.6) is 0 Å². The number of para-hydroxylation sites is 1. The van der Waals surface area contributed by atoms with Crippen LogP contribution < -0.4 is 5.32 Å². The third-order valence-electron chi connectivity index (χ3n) is 4.58. The van der Waals surface area contributed by atoms with Gasteiger partial charge in [0.1, 0.15) is 5.69 Å². The van der Waals surface area contributed by atoms with Gasteiger partial charge in [0.25, 0.3) is 5.91 Å². The van der Waals surface area contributed by atoms with E-state index < -0.39 is 0 Å². The van der Waals surface area contributed by atoms with Crippen LogP contribution in [0.3, 0.4) is 0 Å². The fourth-order valence-electron chi connectivity index (χ4n) is 3.07. The maximum Gasteiger partial charge on any atom is 0.255 e. The predicted molar refractivity (Wildman–Crippen MR) is 109 cm³/mol. The predicted octanol–water partition coefficient (Wildman–Crippen LogP) is 4.17. The Bertz CT molecular complexity index is 1090. The summed E-state index contributed by atoms with van der Waals surface area (Å²) < 4.78 is 1.75. The molecule has 0 bridgehead atoms. The van der Waals surface area contributed by atoms with E-state index in [4.69, 9.17) is 5.10 Å². The van der Waals surface area contributed by atoms with Crippen LogP contribution in [0.15, 0.2) is 85.3 Å². The lowest BCUT2D eigenvalue weighted by molar-refractivity contribution is 0.0951. The van der Waals surface area contributed by atoms with Crippen molar-refractivity contribution in [2.24, 2.45) is 0 Å². The number of rotatable bonds is 5. The first-order chi connectivity index (χ1) is 13.7. The summed E-state index contributed by atoms with van der Waals surface area (Å²) in [5, 5.41) is 7.72. The number of aromatic nitrogens is 3. The third-order valence-corrected chi connectivity index (χ3v) is 4.58. The van der Waals surface area contributed by atoms with Gasteiger partial charge in [0.05, 0.1) is 11.3 Å². The number of carbonyl (C=O) groups excluding carboxylic acids is 1. The van der Waals surface area contributed by atoms with Crippen LogP contribution in [0.2, 0.25) is 0 Å². The Labute approximate surface area is 163 Å². The summed E-state index contributed by atoms with van der Waals surface area (Å²) in [5.41, 5.74) is 5.15. The van der Waals surface area contributed by atoms with Gasteiger partial charge in [-0.25, -0.2) is 4.68 Å². The topological polar surface area (TPSA) is 59.8 Å². The highest BCUT2D eigenvalue weighted by Crippen LogP contribution is 2.26. The number of amides is 1. The molecule has 4 aromatic rings. The van der Waals surface area contributed by atoms with Gasteiger partial charge in [0, 0.05) is 30.7 Å². The van der Waals surface area contributed by atoms with Gasteiger partial charge in [-0.1, -0.05) is 42.5 Å². The number of aryl methyl sites for hydroxylation is 1. The zero-order valence-corrected chi connectivity index (χ0v) is 15.5. The molecule has 0 fully saturated rings.